The first-order valence-electron chi connectivity index (χ1n) is 8.36. The molecule has 3 saturated heterocycles. The van der Waals surface area contributed by atoms with Gasteiger partial charge in [0.05, 0.1) is 0 Å². The zero-order valence-corrected chi connectivity index (χ0v) is 12.2. The molecule has 1 spiro atoms. The third kappa shape index (κ3) is 0.948. The summed E-state index contributed by atoms with van der Waals surface area (Å²) in [6.45, 7) is 0. The van der Waals surface area contributed by atoms with Gasteiger partial charge in [-0.2, -0.15) is 0 Å². The molecule has 23 heavy (non-hydrogen) atoms. The Hall–Kier alpha value is -1.94. The minimum absolute atomic E-state index is 0.203. The summed E-state index contributed by atoms with van der Waals surface area (Å²) in [4.78, 5) is 0. The standard InChI is InChI=1S/C20H12O3/c1-3-8-4-2-6-10-13(8)9(5-1)11-7-12-18(21-12)20-15(11)14(10)16-17(22-16)19(20)23-20/h1-7,12,16-19H. The van der Waals surface area contributed by atoms with Gasteiger partial charge in [-0.3, -0.25) is 0 Å². The van der Waals surface area contributed by atoms with Crippen LogP contribution in [0.5, 0.6) is 0 Å². The first-order chi connectivity index (χ1) is 11.4. The van der Waals surface area contributed by atoms with Crippen LogP contribution in [-0.2, 0) is 19.8 Å². The molecule has 3 fully saturated rings. The largest absolute Gasteiger partial charge is 0.361 e. The van der Waals surface area contributed by atoms with Crippen molar-refractivity contribution in [3.63, 3.8) is 0 Å². The summed E-state index contributed by atoms with van der Waals surface area (Å²) in [5.74, 6) is 0. The summed E-state index contributed by atoms with van der Waals surface area (Å²) in [5, 5.41) is 6.67. The highest BCUT2D eigenvalue weighted by Gasteiger charge is 2.81. The fourth-order valence-electron chi connectivity index (χ4n) is 5.50. The molecule has 3 aromatic carbocycles. The molecule has 3 aliphatic heterocycles. The molecule has 110 valence electrons. The van der Waals surface area contributed by atoms with Crippen LogP contribution in [-0.4, -0.2) is 24.4 Å². The van der Waals surface area contributed by atoms with E-state index in [0.29, 0.717) is 0 Å². The Morgan fingerprint density at radius 3 is 2.70 bits per heavy atom. The van der Waals surface area contributed by atoms with E-state index in [9.17, 15) is 0 Å². The van der Waals surface area contributed by atoms with Gasteiger partial charge in [-0.15, -0.1) is 0 Å². The topological polar surface area (TPSA) is 37.6 Å². The van der Waals surface area contributed by atoms with Gasteiger partial charge in [-0.05, 0) is 38.4 Å². The second-order valence-corrected chi connectivity index (χ2v) is 7.45. The molecule has 3 heteroatoms. The van der Waals surface area contributed by atoms with Crippen LogP contribution in [0.3, 0.4) is 0 Å². The maximum Gasteiger partial charge on any atom is 0.152 e. The number of hydrogen-bond acceptors (Lipinski definition) is 3. The Balaban J connectivity index is 1.73. The molecule has 0 saturated carbocycles. The van der Waals surface area contributed by atoms with Gasteiger partial charge in [-0.1, -0.05) is 36.4 Å². The minimum atomic E-state index is -0.225. The Kier molecular flexibility index (Phi) is 1.36. The molecule has 0 bridgehead atoms. The molecule has 0 radical (unpaired) electrons. The Morgan fingerprint density at radius 2 is 1.78 bits per heavy atom. The lowest BCUT2D eigenvalue weighted by Gasteiger charge is -2.24. The van der Waals surface area contributed by atoms with Crippen molar-refractivity contribution in [3.05, 3.63) is 52.7 Å². The molecular weight excluding hydrogens is 288 g/mol. The maximum absolute atomic E-state index is 6.28. The van der Waals surface area contributed by atoms with Crippen LogP contribution in [0.25, 0.3) is 27.6 Å². The highest BCUT2D eigenvalue weighted by atomic mass is 16.7. The normalized spacial score (nSPS) is 43.2. The predicted octanol–water partition coefficient (Wildman–Crippen LogP) is 2.32. The average molecular weight is 300 g/mol. The Bertz CT molecular complexity index is 1140. The third-order valence-corrected chi connectivity index (χ3v) is 6.49. The van der Waals surface area contributed by atoms with Gasteiger partial charge in [0.1, 0.15) is 30.5 Å². The molecule has 6 atom stereocenters. The van der Waals surface area contributed by atoms with Crippen molar-refractivity contribution >= 4 is 27.6 Å². The van der Waals surface area contributed by atoms with E-state index in [4.69, 9.17) is 14.2 Å². The predicted molar refractivity (Wildman–Crippen MR) is 84.0 cm³/mol. The lowest BCUT2D eigenvalue weighted by atomic mass is 9.73. The molecule has 3 heterocycles. The van der Waals surface area contributed by atoms with Crippen LogP contribution in [0.2, 0.25) is 0 Å². The quantitative estimate of drug-likeness (QED) is 0.598. The van der Waals surface area contributed by atoms with Crippen molar-refractivity contribution in [2.45, 2.75) is 36.1 Å². The maximum atomic E-state index is 6.28. The van der Waals surface area contributed by atoms with Crippen LogP contribution in [0.4, 0.5) is 0 Å². The molecule has 0 amide bonds. The number of rotatable bonds is 0. The lowest BCUT2D eigenvalue weighted by molar-refractivity contribution is 0.228. The van der Waals surface area contributed by atoms with Crippen LogP contribution in [0.15, 0.2) is 36.4 Å². The van der Waals surface area contributed by atoms with Gasteiger partial charge in [0.2, 0.25) is 0 Å². The van der Waals surface area contributed by atoms with Gasteiger partial charge >= 0.3 is 0 Å². The van der Waals surface area contributed by atoms with Crippen molar-refractivity contribution in [1.29, 1.82) is 0 Å². The lowest BCUT2D eigenvalue weighted by Crippen LogP contribution is -2.38. The van der Waals surface area contributed by atoms with E-state index in [0.717, 1.165) is 0 Å². The zero-order valence-electron chi connectivity index (χ0n) is 12.2. The molecule has 0 N–H and O–H groups in total. The summed E-state index contributed by atoms with van der Waals surface area (Å²) in [7, 11) is 0. The fourth-order valence-corrected chi connectivity index (χ4v) is 5.50. The first-order valence-corrected chi connectivity index (χ1v) is 8.36. The molecule has 0 aromatic heterocycles. The average Bonchev–Trinajstić information content (AvgIpc) is 3.41. The van der Waals surface area contributed by atoms with Crippen molar-refractivity contribution < 1.29 is 14.2 Å². The van der Waals surface area contributed by atoms with Gasteiger partial charge in [0.25, 0.3) is 0 Å². The van der Waals surface area contributed by atoms with E-state index >= 15 is 0 Å². The molecular formula is C20H12O3. The summed E-state index contributed by atoms with van der Waals surface area (Å²) in [6, 6.07) is 13.2. The van der Waals surface area contributed by atoms with E-state index in [1.165, 1.54) is 37.9 Å². The minimum Gasteiger partial charge on any atom is -0.361 e. The Labute approximate surface area is 131 Å². The number of hydrogen-bond donors (Lipinski definition) is 0. The van der Waals surface area contributed by atoms with Crippen molar-refractivity contribution in [1.82, 2.24) is 0 Å². The van der Waals surface area contributed by atoms with Crippen molar-refractivity contribution in [2.75, 3.05) is 0 Å². The molecule has 5 aliphatic rings. The fraction of sp³-hybridized carbons (Fsp3) is 0.300. The summed E-state index contributed by atoms with van der Waals surface area (Å²) in [5.41, 5.74) is 2.51. The molecule has 8 rings (SSSR count). The second-order valence-electron chi connectivity index (χ2n) is 7.45. The van der Waals surface area contributed by atoms with Gasteiger partial charge in [0.15, 0.2) is 5.60 Å². The summed E-state index contributed by atoms with van der Waals surface area (Å²) < 4.78 is 18.3. The first kappa shape index (κ1) is 10.8. The number of ether oxygens (including phenoxy) is 3. The molecule has 6 unspecified atom stereocenters. The van der Waals surface area contributed by atoms with Crippen LogP contribution >= 0.6 is 0 Å². The second kappa shape index (κ2) is 2.91. The summed E-state index contributed by atoms with van der Waals surface area (Å²) in [6.07, 6.45) is 3.39. The zero-order chi connectivity index (χ0) is 14.5. The number of epoxide rings is 3. The highest BCUT2D eigenvalue weighted by Crippen LogP contribution is 2.69. The van der Waals surface area contributed by atoms with E-state index < -0.39 is 0 Å². The van der Waals surface area contributed by atoms with Gasteiger partial charge in [-0.25, -0.2) is 0 Å². The van der Waals surface area contributed by atoms with Gasteiger partial charge in [0, 0.05) is 5.56 Å². The van der Waals surface area contributed by atoms with Crippen LogP contribution < -0.4 is 5.22 Å². The number of benzene rings is 3. The Morgan fingerprint density at radius 1 is 0.913 bits per heavy atom. The molecule has 3 nitrogen and oxygen atoms in total. The third-order valence-electron chi connectivity index (χ3n) is 6.49. The van der Waals surface area contributed by atoms with Crippen molar-refractivity contribution in [3.8, 4) is 0 Å². The monoisotopic (exact) mass is 300 g/mol. The van der Waals surface area contributed by atoms with E-state index in [2.05, 4.69) is 42.5 Å². The SMILES string of the molecule is C1=c2c3c(c4cccc5cccc2c54)C2OC2C2OC32C2OC12. The van der Waals surface area contributed by atoms with E-state index in [1.807, 2.05) is 0 Å². The van der Waals surface area contributed by atoms with E-state index in [-0.39, 0.29) is 36.1 Å². The van der Waals surface area contributed by atoms with Gasteiger partial charge < -0.3 is 14.2 Å². The van der Waals surface area contributed by atoms with E-state index in [1.54, 1.807) is 0 Å². The molecule has 3 aromatic rings. The summed E-state index contributed by atoms with van der Waals surface area (Å²) >= 11 is 0. The van der Waals surface area contributed by atoms with Crippen LogP contribution in [0, 0.1) is 0 Å². The number of fused-ring (bicyclic) bond motifs is 6. The highest BCUT2D eigenvalue weighted by molar-refractivity contribution is 6.12. The molecule has 2 aliphatic carbocycles. The smallest absolute Gasteiger partial charge is 0.152 e. The van der Waals surface area contributed by atoms with Crippen LogP contribution in [0.1, 0.15) is 17.2 Å². The van der Waals surface area contributed by atoms with Crippen molar-refractivity contribution in [2.24, 2.45) is 0 Å².